The molecular formula is C19H24N6O2. The molecule has 0 bridgehead atoms. The summed E-state index contributed by atoms with van der Waals surface area (Å²) in [5.74, 6) is 1.75. The molecule has 2 saturated heterocycles. The molecule has 2 fully saturated rings. The Morgan fingerprint density at radius 2 is 1.85 bits per heavy atom. The van der Waals surface area contributed by atoms with Crippen LogP contribution in [0.15, 0.2) is 29.5 Å². The lowest BCUT2D eigenvalue weighted by Crippen LogP contribution is -2.35. The first-order valence-corrected chi connectivity index (χ1v) is 9.34. The van der Waals surface area contributed by atoms with E-state index in [-0.39, 0.29) is 17.5 Å². The highest BCUT2D eigenvalue weighted by atomic mass is 16.2. The van der Waals surface area contributed by atoms with Crippen molar-refractivity contribution in [2.75, 3.05) is 31.1 Å². The van der Waals surface area contributed by atoms with Gasteiger partial charge in [0.2, 0.25) is 0 Å². The van der Waals surface area contributed by atoms with E-state index in [1.54, 1.807) is 6.33 Å². The fourth-order valence-electron chi connectivity index (χ4n) is 4.13. The van der Waals surface area contributed by atoms with Gasteiger partial charge in [0.15, 0.2) is 0 Å². The van der Waals surface area contributed by atoms with Crippen molar-refractivity contribution >= 4 is 11.7 Å². The van der Waals surface area contributed by atoms with Gasteiger partial charge in [-0.3, -0.25) is 9.59 Å². The largest absolute Gasteiger partial charge is 0.356 e. The van der Waals surface area contributed by atoms with Gasteiger partial charge in [-0.15, -0.1) is 0 Å². The average molecular weight is 368 g/mol. The Hall–Kier alpha value is -2.77. The van der Waals surface area contributed by atoms with Gasteiger partial charge in [-0.1, -0.05) is 0 Å². The molecule has 4 rings (SSSR count). The van der Waals surface area contributed by atoms with E-state index in [1.165, 1.54) is 16.8 Å². The number of aromatic nitrogens is 4. The van der Waals surface area contributed by atoms with Gasteiger partial charge in [0.25, 0.3) is 11.5 Å². The molecule has 0 spiro atoms. The third-order valence-corrected chi connectivity index (χ3v) is 5.47. The van der Waals surface area contributed by atoms with Crippen molar-refractivity contribution in [1.82, 2.24) is 24.6 Å². The van der Waals surface area contributed by atoms with Crippen molar-refractivity contribution in [3.63, 3.8) is 0 Å². The lowest BCUT2D eigenvalue weighted by atomic mass is 10.0. The van der Waals surface area contributed by atoms with Crippen LogP contribution in [0.1, 0.15) is 35.9 Å². The van der Waals surface area contributed by atoms with Crippen molar-refractivity contribution in [3.05, 3.63) is 46.3 Å². The van der Waals surface area contributed by atoms with Crippen LogP contribution in [-0.2, 0) is 0 Å². The fourth-order valence-corrected chi connectivity index (χ4v) is 4.13. The number of rotatable bonds is 3. The normalized spacial score (nSPS) is 21.8. The highest BCUT2D eigenvalue weighted by Gasteiger charge is 2.42. The molecule has 2 aromatic rings. The maximum Gasteiger partial charge on any atom is 0.274 e. The molecule has 1 amide bonds. The van der Waals surface area contributed by atoms with Crippen LogP contribution in [-0.4, -0.2) is 56.7 Å². The molecule has 2 aliphatic rings. The Morgan fingerprint density at radius 1 is 1.15 bits per heavy atom. The van der Waals surface area contributed by atoms with E-state index in [9.17, 15) is 9.59 Å². The molecule has 0 saturated carbocycles. The predicted octanol–water partition coefficient (Wildman–Crippen LogP) is 1.13. The van der Waals surface area contributed by atoms with Crippen LogP contribution < -0.4 is 10.5 Å². The van der Waals surface area contributed by atoms with Gasteiger partial charge in [0.1, 0.15) is 17.8 Å². The van der Waals surface area contributed by atoms with Gasteiger partial charge < -0.3 is 9.80 Å². The number of carbonyl (C=O) groups excluding carboxylic acids is 1. The molecule has 2 unspecified atom stereocenters. The SMILES string of the molecule is Cc1cncnc1N1CC2CN(C(=O)c3ccc(=O)n(C(C)C)n3)CC2C1. The first kappa shape index (κ1) is 17.6. The lowest BCUT2D eigenvalue weighted by Gasteiger charge is -2.23. The summed E-state index contributed by atoms with van der Waals surface area (Å²) in [5.41, 5.74) is 1.23. The van der Waals surface area contributed by atoms with E-state index in [1.807, 2.05) is 31.9 Å². The predicted molar refractivity (Wildman–Crippen MR) is 101 cm³/mol. The Bertz CT molecular complexity index is 910. The summed E-state index contributed by atoms with van der Waals surface area (Å²) >= 11 is 0. The first-order chi connectivity index (χ1) is 12.9. The van der Waals surface area contributed by atoms with Gasteiger partial charge in [-0.25, -0.2) is 14.6 Å². The minimum absolute atomic E-state index is 0.0760. The van der Waals surface area contributed by atoms with Crippen molar-refractivity contribution in [2.45, 2.75) is 26.8 Å². The number of hydrogen-bond acceptors (Lipinski definition) is 6. The molecule has 8 nitrogen and oxygen atoms in total. The molecule has 142 valence electrons. The summed E-state index contributed by atoms with van der Waals surface area (Å²) in [5, 5.41) is 4.27. The lowest BCUT2D eigenvalue weighted by molar-refractivity contribution is 0.0773. The Labute approximate surface area is 157 Å². The summed E-state index contributed by atoms with van der Waals surface area (Å²) in [6, 6.07) is 2.89. The monoisotopic (exact) mass is 368 g/mol. The molecule has 2 atom stereocenters. The second kappa shape index (κ2) is 6.75. The summed E-state index contributed by atoms with van der Waals surface area (Å²) in [6.45, 7) is 9.00. The topological polar surface area (TPSA) is 84.2 Å². The van der Waals surface area contributed by atoms with E-state index in [2.05, 4.69) is 20.0 Å². The summed E-state index contributed by atoms with van der Waals surface area (Å²) in [6.07, 6.45) is 3.42. The van der Waals surface area contributed by atoms with Crippen molar-refractivity contribution in [2.24, 2.45) is 11.8 Å². The standard InChI is InChI=1S/C19H24N6O2/c1-12(2)25-17(26)5-4-16(22-25)19(27)24-9-14-7-23(8-15(14)10-24)18-13(3)6-20-11-21-18/h4-6,11-12,14-15H,7-10H2,1-3H3. The number of nitrogens with zero attached hydrogens (tertiary/aromatic N) is 6. The number of anilines is 1. The number of carbonyl (C=O) groups is 1. The summed E-state index contributed by atoms with van der Waals surface area (Å²) < 4.78 is 1.36. The molecular weight excluding hydrogens is 344 g/mol. The van der Waals surface area contributed by atoms with Crippen LogP contribution in [0, 0.1) is 18.8 Å². The van der Waals surface area contributed by atoms with E-state index >= 15 is 0 Å². The highest BCUT2D eigenvalue weighted by molar-refractivity contribution is 5.92. The first-order valence-electron chi connectivity index (χ1n) is 9.34. The van der Waals surface area contributed by atoms with Crippen LogP contribution in [0.25, 0.3) is 0 Å². The van der Waals surface area contributed by atoms with Gasteiger partial charge in [-0.05, 0) is 26.8 Å². The van der Waals surface area contributed by atoms with Crippen LogP contribution in [0.2, 0.25) is 0 Å². The molecule has 0 aliphatic carbocycles. The minimum atomic E-state index is -0.185. The minimum Gasteiger partial charge on any atom is -0.356 e. The molecule has 2 aromatic heterocycles. The van der Waals surface area contributed by atoms with Gasteiger partial charge in [0.05, 0.1) is 6.04 Å². The van der Waals surface area contributed by atoms with Gasteiger partial charge >= 0.3 is 0 Å². The van der Waals surface area contributed by atoms with E-state index in [0.29, 0.717) is 30.6 Å². The molecule has 0 aromatic carbocycles. The van der Waals surface area contributed by atoms with Crippen molar-refractivity contribution < 1.29 is 4.79 Å². The molecule has 0 radical (unpaired) electrons. The highest BCUT2D eigenvalue weighted by Crippen LogP contribution is 2.34. The molecule has 8 heteroatoms. The number of amides is 1. The zero-order valence-electron chi connectivity index (χ0n) is 15.9. The summed E-state index contributed by atoms with van der Waals surface area (Å²) in [4.78, 5) is 37.4. The van der Waals surface area contributed by atoms with E-state index < -0.39 is 0 Å². The quantitative estimate of drug-likeness (QED) is 0.808. The maximum absolute atomic E-state index is 12.9. The number of hydrogen-bond donors (Lipinski definition) is 0. The van der Waals surface area contributed by atoms with E-state index in [0.717, 1.165) is 24.5 Å². The molecule has 4 heterocycles. The van der Waals surface area contributed by atoms with Gasteiger partial charge in [-0.2, -0.15) is 5.10 Å². The Morgan fingerprint density at radius 3 is 2.48 bits per heavy atom. The third-order valence-electron chi connectivity index (χ3n) is 5.47. The second-order valence-corrected chi connectivity index (χ2v) is 7.76. The number of fused-ring (bicyclic) bond motifs is 1. The van der Waals surface area contributed by atoms with Crippen LogP contribution in [0.4, 0.5) is 5.82 Å². The average Bonchev–Trinajstić information content (AvgIpc) is 3.20. The molecule has 0 N–H and O–H groups in total. The Kier molecular flexibility index (Phi) is 4.41. The maximum atomic E-state index is 12.9. The Balaban J connectivity index is 1.46. The van der Waals surface area contributed by atoms with E-state index in [4.69, 9.17) is 0 Å². The smallest absolute Gasteiger partial charge is 0.274 e. The summed E-state index contributed by atoms with van der Waals surface area (Å²) in [7, 11) is 0. The van der Waals surface area contributed by atoms with Gasteiger partial charge in [0, 0.05) is 55.8 Å². The van der Waals surface area contributed by atoms with Crippen LogP contribution >= 0.6 is 0 Å². The molecule has 27 heavy (non-hydrogen) atoms. The number of aryl methyl sites for hydroxylation is 1. The fraction of sp³-hybridized carbons (Fsp3) is 0.526. The van der Waals surface area contributed by atoms with Crippen LogP contribution in [0.3, 0.4) is 0 Å². The zero-order valence-corrected chi connectivity index (χ0v) is 15.9. The van der Waals surface area contributed by atoms with Crippen molar-refractivity contribution in [1.29, 1.82) is 0 Å². The molecule has 2 aliphatic heterocycles. The van der Waals surface area contributed by atoms with Crippen LogP contribution in [0.5, 0.6) is 0 Å². The van der Waals surface area contributed by atoms with Crippen molar-refractivity contribution in [3.8, 4) is 0 Å². The number of likely N-dealkylation sites (tertiary alicyclic amines) is 1. The third kappa shape index (κ3) is 3.20. The zero-order chi connectivity index (χ0) is 19.1. The second-order valence-electron chi connectivity index (χ2n) is 7.76.